The van der Waals surface area contributed by atoms with Crippen molar-refractivity contribution in [3.63, 3.8) is 0 Å². The summed E-state index contributed by atoms with van der Waals surface area (Å²) in [5, 5.41) is 21.9. The molecule has 1 heterocycles. The van der Waals surface area contributed by atoms with Gasteiger partial charge in [-0.2, -0.15) is 0 Å². The third-order valence-electron chi connectivity index (χ3n) is 5.73. The maximum atomic E-state index is 13.3. The van der Waals surface area contributed by atoms with Gasteiger partial charge >= 0.3 is 0 Å². The van der Waals surface area contributed by atoms with Crippen LogP contribution in [0.15, 0.2) is 72.3 Å². The van der Waals surface area contributed by atoms with Gasteiger partial charge in [0.2, 0.25) is 0 Å². The number of amides is 1. The number of carbonyl (C=O) groups excluding carboxylic acids is 2. The number of hydrogen-bond acceptors (Lipinski definition) is 6. The van der Waals surface area contributed by atoms with E-state index in [-0.39, 0.29) is 34.1 Å². The number of para-hydroxylation sites is 2. The first-order valence-electron chi connectivity index (χ1n) is 10.3. The van der Waals surface area contributed by atoms with Gasteiger partial charge in [0.05, 0.1) is 31.5 Å². The zero-order valence-corrected chi connectivity index (χ0v) is 18.4. The fourth-order valence-corrected chi connectivity index (χ4v) is 4.16. The predicted molar refractivity (Wildman–Crippen MR) is 124 cm³/mol. The van der Waals surface area contributed by atoms with Crippen molar-refractivity contribution in [1.82, 2.24) is 0 Å². The highest BCUT2D eigenvalue weighted by molar-refractivity contribution is 6.52. The lowest BCUT2D eigenvalue weighted by Crippen LogP contribution is -2.29. The Kier molecular flexibility index (Phi) is 5.79. The molecule has 33 heavy (non-hydrogen) atoms. The first-order valence-corrected chi connectivity index (χ1v) is 10.3. The molecule has 0 saturated carbocycles. The van der Waals surface area contributed by atoms with Crippen molar-refractivity contribution < 1.29 is 29.3 Å². The summed E-state index contributed by atoms with van der Waals surface area (Å²) in [6.07, 6.45) is 0. The van der Waals surface area contributed by atoms with Crippen molar-refractivity contribution >= 4 is 23.1 Å². The highest BCUT2D eigenvalue weighted by atomic mass is 16.5. The minimum Gasteiger partial charge on any atom is -0.506 e. The number of phenols is 1. The molecule has 168 valence electrons. The topological polar surface area (TPSA) is 96.3 Å². The number of aliphatic hydroxyl groups excluding tert-OH is 1. The molecule has 1 fully saturated rings. The molecule has 0 radical (unpaired) electrons. The molecule has 3 aromatic rings. The summed E-state index contributed by atoms with van der Waals surface area (Å²) in [6.45, 7) is 1.85. The average Bonchev–Trinajstić information content (AvgIpc) is 3.08. The number of aromatic hydroxyl groups is 1. The molecule has 1 amide bonds. The molecular weight excluding hydrogens is 422 g/mol. The third-order valence-corrected chi connectivity index (χ3v) is 5.73. The molecule has 1 saturated heterocycles. The van der Waals surface area contributed by atoms with Crippen LogP contribution in [0, 0.1) is 6.92 Å². The molecule has 1 unspecified atom stereocenters. The van der Waals surface area contributed by atoms with Crippen LogP contribution in [0.5, 0.6) is 17.2 Å². The SMILES string of the molecule is COc1cccc(OC)c1/C(O)=C1\C(=O)C(=O)N(c2ccccc2O)C1c1ccccc1C. The smallest absolute Gasteiger partial charge is 0.300 e. The Labute approximate surface area is 191 Å². The largest absolute Gasteiger partial charge is 0.506 e. The summed E-state index contributed by atoms with van der Waals surface area (Å²) >= 11 is 0. The summed E-state index contributed by atoms with van der Waals surface area (Å²) < 4.78 is 10.8. The van der Waals surface area contributed by atoms with Gasteiger partial charge in [-0.15, -0.1) is 0 Å². The number of phenolic OH excluding ortho intramolecular Hbond substituents is 1. The number of rotatable bonds is 5. The van der Waals surface area contributed by atoms with Gasteiger partial charge in [0.1, 0.15) is 28.6 Å². The van der Waals surface area contributed by atoms with Gasteiger partial charge in [0, 0.05) is 0 Å². The van der Waals surface area contributed by atoms with Crippen LogP contribution < -0.4 is 14.4 Å². The van der Waals surface area contributed by atoms with E-state index in [1.165, 1.54) is 25.2 Å². The van der Waals surface area contributed by atoms with Crippen LogP contribution in [0.3, 0.4) is 0 Å². The normalized spacial score (nSPS) is 17.3. The molecule has 2 N–H and O–H groups in total. The second-order valence-corrected chi connectivity index (χ2v) is 7.55. The number of nitrogens with zero attached hydrogens (tertiary/aromatic N) is 1. The summed E-state index contributed by atoms with van der Waals surface area (Å²) in [4.78, 5) is 27.8. The summed E-state index contributed by atoms with van der Waals surface area (Å²) in [6, 6.07) is 17.5. The molecule has 0 spiro atoms. The van der Waals surface area contributed by atoms with Crippen LogP contribution in [0.2, 0.25) is 0 Å². The highest BCUT2D eigenvalue weighted by Crippen LogP contribution is 2.47. The zero-order valence-electron chi connectivity index (χ0n) is 18.4. The number of aryl methyl sites for hydroxylation is 1. The lowest BCUT2D eigenvalue weighted by Gasteiger charge is -2.27. The quantitative estimate of drug-likeness (QED) is 0.345. The van der Waals surface area contributed by atoms with Gasteiger partial charge in [-0.1, -0.05) is 42.5 Å². The summed E-state index contributed by atoms with van der Waals surface area (Å²) in [7, 11) is 2.87. The van der Waals surface area contributed by atoms with E-state index in [1.807, 2.05) is 19.1 Å². The number of ketones is 1. The molecule has 7 heteroatoms. The molecule has 4 rings (SSSR count). The molecule has 0 aromatic heterocycles. The Balaban J connectivity index is 2.06. The van der Waals surface area contributed by atoms with Crippen molar-refractivity contribution in [3.8, 4) is 17.2 Å². The molecule has 3 aromatic carbocycles. The number of methoxy groups -OCH3 is 2. The lowest BCUT2D eigenvalue weighted by atomic mass is 9.92. The Bertz CT molecular complexity index is 1260. The monoisotopic (exact) mass is 445 g/mol. The second-order valence-electron chi connectivity index (χ2n) is 7.55. The predicted octanol–water partition coefficient (Wildman–Crippen LogP) is 4.34. The van der Waals surface area contributed by atoms with Gasteiger partial charge in [0.15, 0.2) is 0 Å². The highest BCUT2D eigenvalue weighted by Gasteiger charge is 2.48. The molecule has 1 aliphatic rings. The average molecular weight is 445 g/mol. The Morgan fingerprint density at radius 1 is 0.879 bits per heavy atom. The summed E-state index contributed by atoms with van der Waals surface area (Å²) in [5.41, 5.74) is 1.65. The molecule has 0 aliphatic carbocycles. The number of hydrogen-bond donors (Lipinski definition) is 2. The number of anilines is 1. The van der Waals surface area contributed by atoms with Gasteiger partial charge in [-0.3, -0.25) is 14.5 Å². The fraction of sp³-hybridized carbons (Fsp3) is 0.154. The Hall–Kier alpha value is -4.26. The first-order chi connectivity index (χ1) is 15.9. The van der Waals surface area contributed by atoms with Crippen LogP contribution in [0.1, 0.15) is 22.7 Å². The minimum absolute atomic E-state index is 0.125. The van der Waals surface area contributed by atoms with Crippen molar-refractivity contribution in [2.24, 2.45) is 0 Å². The number of ether oxygens (including phenoxy) is 2. The van der Waals surface area contributed by atoms with E-state index >= 15 is 0 Å². The maximum absolute atomic E-state index is 13.3. The van der Waals surface area contributed by atoms with E-state index in [4.69, 9.17) is 9.47 Å². The third kappa shape index (κ3) is 3.57. The van der Waals surface area contributed by atoms with Gasteiger partial charge < -0.3 is 19.7 Å². The van der Waals surface area contributed by atoms with Crippen molar-refractivity contribution in [2.45, 2.75) is 13.0 Å². The van der Waals surface area contributed by atoms with E-state index in [2.05, 4.69) is 0 Å². The number of benzene rings is 3. The lowest BCUT2D eigenvalue weighted by molar-refractivity contribution is -0.132. The first kappa shape index (κ1) is 22.0. The van der Waals surface area contributed by atoms with Crippen LogP contribution in [-0.4, -0.2) is 36.1 Å². The zero-order chi connectivity index (χ0) is 23.7. The number of carbonyl (C=O) groups is 2. The van der Waals surface area contributed by atoms with Crippen LogP contribution in [0.4, 0.5) is 5.69 Å². The van der Waals surface area contributed by atoms with Crippen molar-refractivity contribution in [2.75, 3.05) is 19.1 Å². The van der Waals surface area contributed by atoms with Crippen LogP contribution in [0.25, 0.3) is 5.76 Å². The molecule has 0 bridgehead atoms. The van der Waals surface area contributed by atoms with Gasteiger partial charge in [0.25, 0.3) is 11.7 Å². The molecular formula is C26H23NO6. The van der Waals surface area contributed by atoms with E-state index in [0.29, 0.717) is 5.56 Å². The standard InChI is InChI=1S/C26H23NO6/c1-15-9-4-5-10-16(15)23-22(24(29)21-19(32-2)13-8-14-20(21)33-3)25(30)26(31)27(23)17-11-6-7-12-18(17)28/h4-14,23,28-29H,1-3H3/b24-22+. The molecule has 1 aliphatic heterocycles. The van der Waals surface area contributed by atoms with Crippen molar-refractivity contribution in [3.05, 3.63) is 89.0 Å². The molecule has 1 atom stereocenters. The number of Topliss-reactive ketones (excluding diaryl/α,β-unsaturated/α-hetero) is 1. The van der Waals surface area contributed by atoms with Crippen LogP contribution in [-0.2, 0) is 9.59 Å². The Morgan fingerprint density at radius 2 is 1.48 bits per heavy atom. The van der Waals surface area contributed by atoms with E-state index in [9.17, 15) is 19.8 Å². The minimum atomic E-state index is -0.978. The fourth-order valence-electron chi connectivity index (χ4n) is 4.16. The molecule has 7 nitrogen and oxygen atoms in total. The second kappa shape index (κ2) is 8.70. The van der Waals surface area contributed by atoms with E-state index in [1.54, 1.807) is 48.5 Å². The van der Waals surface area contributed by atoms with Gasteiger partial charge in [-0.25, -0.2) is 0 Å². The van der Waals surface area contributed by atoms with E-state index < -0.39 is 23.5 Å². The van der Waals surface area contributed by atoms with E-state index in [0.717, 1.165) is 5.56 Å². The summed E-state index contributed by atoms with van der Waals surface area (Å²) in [5.74, 6) is -1.76. The maximum Gasteiger partial charge on any atom is 0.300 e. The van der Waals surface area contributed by atoms with Gasteiger partial charge in [-0.05, 0) is 42.3 Å². The number of aliphatic hydroxyl groups is 1. The van der Waals surface area contributed by atoms with Crippen molar-refractivity contribution in [1.29, 1.82) is 0 Å². The Morgan fingerprint density at radius 3 is 2.09 bits per heavy atom. The van der Waals surface area contributed by atoms with Crippen LogP contribution >= 0.6 is 0 Å².